The number of fused-ring (bicyclic) bond motifs is 1. The van der Waals surface area contributed by atoms with Gasteiger partial charge in [-0.1, -0.05) is 24.3 Å². The molecular weight excluding hydrogens is 292 g/mol. The summed E-state index contributed by atoms with van der Waals surface area (Å²) in [7, 11) is 0. The van der Waals surface area contributed by atoms with Crippen LogP contribution in [0.15, 0.2) is 66.3 Å². The monoisotopic (exact) mass is 306 g/mol. The Balaban J connectivity index is 1.80. The van der Waals surface area contributed by atoms with Gasteiger partial charge in [0.25, 0.3) is 0 Å². The molecule has 3 heterocycles. The van der Waals surface area contributed by atoms with Crippen LogP contribution in [0.2, 0.25) is 0 Å². The molecule has 4 rings (SSSR count). The van der Waals surface area contributed by atoms with Crippen LogP contribution in [0, 0.1) is 0 Å². The molecule has 3 nitrogen and oxygen atoms in total. The number of imidazole rings is 1. The molecule has 0 unspecified atom stereocenters. The molecule has 0 aliphatic rings. The number of aliphatic hydroxyl groups is 1. The van der Waals surface area contributed by atoms with E-state index in [1.165, 1.54) is 4.88 Å². The van der Waals surface area contributed by atoms with E-state index in [9.17, 15) is 5.11 Å². The molecule has 0 atom stereocenters. The molecule has 0 amide bonds. The summed E-state index contributed by atoms with van der Waals surface area (Å²) < 4.78 is 2.05. The van der Waals surface area contributed by atoms with Gasteiger partial charge in [-0.05, 0) is 46.3 Å². The van der Waals surface area contributed by atoms with Gasteiger partial charge in [-0.2, -0.15) is 0 Å². The summed E-state index contributed by atoms with van der Waals surface area (Å²) in [6.45, 7) is 0.0592. The minimum absolute atomic E-state index is 0.0592. The second-order valence-electron chi connectivity index (χ2n) is 5.15. The van der Waals surface area contributed by atoms with E-state index in [0.717, 1.165) is 28.0 Å². The second kappa shape index (κ2) is 5.40. The van der Waals surface area contributed by atoms with Crippen molar-refractivity contribution in [2.24, 2.45) is 0 Å². The van der Waals surface area contributed by atoms with E-state index >= 15 is 0 Å². The van der Waals surface area contributed by atoms with Crippen molar-refractivity contribution < 1.29 is 5.11 Å². The molecule has 3 aromatic heterocycles. The number of rotatable bonds is 3. The number of pyridine rings is 1. The summed E-state index contributed by atoms with van der Waals surface area (Å²) in [5.41, 5.74) is 5.06. The van der Waals surface area contributed by atoms with Gasteiger partial charge in [0.05, 0.1) is 17.2 Å². The fraction of sp³-hybridized carbons (Fsp3) is 0.0556. The van der Waals surface area contributed by atoms with Gasteiger partial charge in [-0.15, -0.1) is 11.3 Å². The molecule has 0 saturated heterocycles. The Morgan fingerprint density at radius 1 is 1.00 bits per heavy atom. The van der Waals surface area contributed by atoms with Crippen molar-refractivity contribution in [1.82, 2.24) is 9.38 Å². The maximum atomic E-state index is 9.28. The van der Waals surface area contributed by atoms with Crippen molar-refractivity contribution in [3.05, 3.63) is 71.9 Å². The Bertz CT molecular complexity index is 925. The molecule has 0 fully saturated rings. The van der Waals surface area contributed by atoms with E-state index in [-0.39, 0.29) is 6.61 Å². The number of thiophene rings is 1. The summed E-state index contributed by atoms with van der Waals surface area (Å²) in [4.78, 5) is 5.83. The van der Waals surface area contributed by atoms with E-state index < -0.39 is 0 Å². The molecule has 0 aliphatic carbocycles. The Hall–Kier alpha value is -2.43. The summed E-state index contributed by atoms with van der Waals surface area (Å²) in [6.07, 6.45) is 4.14. The van der Waals surface area contributed by atoms with Crippen LogP contribution in [0.1, 0.15) is 5.56 Å². The molecule has 0 radical (unpaired) electrons. The van der Waals surface area contributed by atoms with Gasteiger partial charge in [0.2, 0.25) is 0 Å². The number of aliphatic hydroxyl groups excluding tert-OH is 1. The Labute approximate surface area is 132 Å². The summed E-state index contributed by atoms with van der Waals surface area (Å²) in [5.74, 6) is 0. The summed E-state index contributed by atoms with van der Waals surface area (Å²) in [6, 6.07) is 16.2. The van der Waals surface area contributed by atoms with Crippen molar-refractivity contribution in [3.8, 4) is 21.7 Å². The first-order valence-corrected chi connectivity index (χ1v) is 7.94. The molecule has 0 spiro atoms. The third-order valence-corrected chi connectivity index (χ3v) is 4.56. The van der Waals surface area contributed by atoms with Crippen molar-refractivity contribution in [3.63, 3.8) is 0 Å². The third kappa shape index (κ3) is 2.32. The zero-order valence-corrected chi connectivity index (χ0v) is 12.6. The molecule has 0 saturated carbocycles. The topological polar surface area (TPSA) is 37.5 Å². The van der Waals surface area contributed by atoms with Gasteiger partial charge in [0.1, 0.15) is 5.65 Å². The van der Waals surface area contributed by atoms with Crippen LogP contribution in [0.5, 0.6) is 0 Å². The molecule has 0 aliphatic heterocycles. The van der Waals surface area contributed by atoms with Crippen molar-refractivity contribution >= 4 is 17.0 Å². The fourth-order valence-corrected chi connectivity index (χ4v) is 3.23. The van der Waals surface area contributed by atoms with Gasteiger partial charge in [-0.3, -0.25) is 0 Å². The van der Waals surface area contributed by atoms with Crippen molar-refractivity contribution in [2.45, 2.75) is 6.61 Å². The molecule has 1 N–H and O–H groups in total. The molecule has 22 heavy (non-hydrogen) atoms. The molecular formula is C18H14N2OS. The number of aromatic nitrogens is 2. The summed E-state index contributed by atoms with van der Waals surface area (Å²) >= 11 is 1.69. The van der Waals surface area contributed by atoms with Crippen LogP contribution >= 0.6 is 11.3 Å². The quantitative estimate of drug-likeness (QED) is 0.615. The molecule has 4 heteroatoms. The number of hydrogen-bond acceptors (Lipinski definition) is 3. The van der Waals surface area contributed by atoms with E-state index in [2.05, 4.69) is 45.4 Å². The predicted octanol–water partition coefficient (Wildman–Crippen LogP) is 4.22. The predicted molar refractivity (Wildman–Crippen MR) is 89.9 cm³/mol. The number of nitrogens with zero attached hydrogens (tertiary/aromatic N) is 2. The van der Waals surface area contributed by atoms with E-state index in [4.69, 9.17) is 0 Å². The maximum Gasteiger partial charge on any atom is 0.137 e. The molecule has 4 aromatic rings. The molecule has 1 aromatic carbocycles. The fourth-order valence-electron chi connectivity index (χ4n) is 2.55. The SMILES string of the molecule is OCc1cccc(-c2ccc3nc(-c4cccs4)cn3c2)c1. The van der Waals surface area contributed by atoms with Crippen LogP contribution in [-0.4, -0.2) is 14.5 Å². The van der Waals surface area contributed by atoms with Gasteiger partial charge in [0, 0.05) is 12.4 Å². The van der Waals surface area contributed by atoms with Crippen LogP contribution < -0.4 is 0 Å². The maximum absolute atomic E-state index is 9.28. The lowest BCUT2D eigenvalue weighted by molar-refractivity contribution is 0.282. The highest BCUT2D eigenvalue weighted by Crippen LogP contribution is 2.26. The van der Waals surface area contributed by atoms with E-state index in [1.54, 1.807) is 11.3 Å². The minimum atomic E-state index is 0.0592. The standard InChI is InChI=1S/C18H14N2OS/c21-12-13-3-1-4-14(9-13)15-6-7-18-19-16(11-20(18)10-15)17-5-2-8-22-17/h1-11,21H,12H2. The highest BCUT2D eigenvalue weighted by atomic mass is 32.1. The van der Waals surface area contributed by atoms with Crippen molar-refractivity contribution in [2.75, 3.05) is 0 Å². The van der Waals surface area contributed by atoms with Gasteiger partial charge >= 0.3 is 0 Å². The van der Waals surface area contributed by atoms with Crippen molar-refractivity contribution in [1.29, 1.82) is 0 Å². The molecule has 108 valence electrons. The largest absolute Gasteiger partial charge is 0.392 e. The van der Waals surface area contributed by atoms with Gasteiger partial charge in [-0.25, -0.2) is 4.98 Å². The minimum Gasteiger partial charge on any atom is -0.392 e. The zero-order valence-electron chi connectivity index (χ0n) is 11.8. The first-order chi connectivity index (χ1) is 10.8. The average molecular weight is 306 g/mol. The second-order valence-corrected chi connectivity index (χ2v) is 6.09. The van der Waals surface area contributed by atoms with Gasteiger partial charge < -0.3 is 9.51 Å². The highest BCUT2D eigenvalue weighted by molar-refractivity contribution is 7.13. The first-order valence-electron chi connectivity index (χ1n) is 7.06. The van der Waals surface area contributed by atoms with E-state index in [0.29, 0.717) is 0 Å². The first kappa shape index (κ1) is 13.2. The van der Waals surface area contributed by atoms with Gasteiger partial charge in [0.15, 0.2) is 0 Å². The Kier molecular flexibility index (Phi) is 3.25. The van der Waals surface area contributed by atoms with Crippen LogP contribution in [0.3, 0.4) is 0 Å². The molecule has 0 bridgehead atoms. The lowest BCUT2D eigenvalue weighted by Gasteiger charge is -2.04. The highest BCUT2D eigenvalue weighted by Gasteiger charge is 2.06. The zero-order chi connectivity index (χ0) is 14.9. The Morgan fingerprint density at radius 3 is 2.77 bits per heavy atom. The summed E-state index contributed by atoms with van der Waals surface area (Å²) in [5, 5.41) is 11.3. The third-order valence-electron chi connectivity index (χ3n) is 3.67. The van der Waals surface area contributed by atoms with Crippen LogP contribution in [0.4, 0.5) is 0 Å². The van der Waals surface area contributed by atoms with E-state index in [1.807, 2.05) is 30.3 Å². The lowest BCUT2D eigenvalue weighted by atomic mass is 10.1. The lowest BCUT2D eigenvalue weighted by Crippen LogP contribution is -1.87. The smallest absolute Gasteiger partial charge is 0.137 e. The average Bonchev–Trinajstić information content (AvgIpc) is 3.23. The number of benzene rings is 1. The van der Waals surface area contributed by atoms with Crippen LogP contribution in [0.25, 0.3) is 27.3 Å². The normalized spacial score (nSPS) is 11.1. The Morgan fingerprint density at radius 2 is 1.95 bits per heavy atom. The number of hydrogen-bond donors (Lipinski definition) is 1. The van der Waals surface area contributed by atoms with Crippen LogP contribution in [-0.2, 0) is 6.61 Å².